The van der Waals surface area contributed by atoms with Crippen molar-refractivity contribution >= 4 is 0 Å². The molecule has 5 heteroatoms. The average Bonchev–Trinajstić information content (AvgIpc) is 2.70. The molecule has 0 atom stereocenters. The molecule has 0 unspecified atom stereocenters. The zero-order chi connectivity index (χ0) is 15.4. The molecule has 2 rings (SSSR count). The molecule has 0 saturated heterocycles. The van der Waals surface area contributed by atoms with Crippen LogP contribution in [0.25, 0.3) is 0 Å². The minimum Gasteiger partial charge on any atom is -0.421 e. The molecule has 114 valence electrons. The zero-order valence-electron chi connectivity index (χ0n) is 13.5. The largest absolute Gasteiger partial charge is 0.421 e. The van der Waals surface area contributed by atoms with Crippen LogP contribution in [0.4, 0.5) is 0 Å². The molecule has 2 aromatic heterocycles. The molecule has 0 aliphatic carbocycles. The molecule has 0 bridgehead atoms. The van der Waals surface area contributed by atoms with Crippen LogP contribution in [0.1, 0.15) is 30.8 Å². The number of nitrogens with zero attached hydrogens (tertiary/aromatic N) is 3. The minimum atomic E-state index is 0.600. The van der Waals surface area contributed by atoms with Gasteiger partial charge in [-0.25, -0.2) is 9.67 Å². The summed E-state index contributed by atoms with van der Waals surface area (Å²) in [5, 5.41) is 7.69. The van der Waals surface area contributed by atoms with E-state index in [2.05, 4.69) is 35.3 Å². The first kappa shape index (κ1) is 15.5. The number of nitrogens with one attached hydrogen (secondary N) is 1. The first-order valence-corrected chi connectivity index (χ1v) is 7.31. The van der Waals surface area contributed by atoms with E-state index in [-0.39, 0.29) is 0 Å². The highest BCUT2D eigenvalue weighted by Crippen LogP contribution is 2.21. The number of aryl methyl sites for hydroxylation is 3. The maximum absolute atomic E-state index is 5.78. The van der Waals surface area contributed by atoms with Crippen molar-refractivity contribution in [1.29, 1.82) is 0 Å². The summed E-state index contributed by atoms with van der Waals surface area (Å²) in [6.45, 7) is 10.2. The molecular formula is C16H24N4O. The molecule has 0 radical (unpaired) electrons. The van der Waals surface area contributed by atoms with Crippen molar-refractivity contribution in [3.63, 3.8) is 0 Å². The smallest absolute Gasteiger partial charge is 0.221 e. The first-order chi connectivity index (χ1) is 9.95. The Morgan fingerprint density at radius 3 is 2.62 bits per heavy atom. The lowest BCUT2D eigenvalue weighted by atomic mass is 10.2. The second kappa shape index (κ2) is 6.72. The van der Waals surface area contributed by atoms with E-state index in [4.69, 9.17) is 4.74 Å². The second-order valence-electron chi connectivity index (χ2n) is 5.77. The van der Waals surface area contributed by atoms with Gasteiger partial charge < -0.3 is 10.1 Å². The molecule has 21 heavy (non-hydrogen) atoms. The number of rotatable bonds is 6. The summed E-state index contributed by atoms with van der Waals surface area (Å²) in [5.74, 6) is 1.95. The van der Waals surface area contributed by atoms with E-state index >= 15 is 0 Å². The van der Waals surface area contributed by atoms with Crippen molar-refractivity contribution in [2.75, 3.05) is 6.54 Å². The SMILES string of the molecule is Cc1cc(Oc2ccc(CNCC(C)C)c(C)n2)n(C)n1. The van der Waals surface area contributed by atoms with Crippen LogP contribution >= 0.6 is 0 Å². The van der Waals surface area contributed by atoms with Gasteiger partial charge in [0.2, 0.25) is 11.8 Å². The molecule has 0 spiro atoms. The molecule has 5 nitrogen and oxygen atoms in total. The van der Waals surface area contributed by atoms with E-state index in [1.165, 1.54) is 5.56 Å². The molecular weight excluding hydrogens is 264 g/mol. The van der Waals surface area contributed by atoms with Gasteiger partial charge in [0.1, 0.15) is 0 Å². The van der Waals surface area contributed by atoms with Gasteiger partial charge in [0.25, 0.3) is 0 Å². The number of pyridine rings is 1. The van der Waals surface area contributed by atoms with E-state index in [0.717, 1.165) is 24.5 Å². The van der Waals surface area contributed by atoms with Crippen LogP contribution in [0.5, 0.6) is 11.8 Å². The van der Waals surface area contributed by atoms with Crippen LogP contribution < -0.4 is 10.1 Å². The lowest BCUT2D eigenvalue weighted by Crippen LogP contribution is -2.19. The molecule has 0 aliphatic rings. The van der Waals surface area contributed by atoms with Crippen LogP contribution in [0.2, 0.25) is 0 Å². The van der Waals surface area contributed by atoms with Crippen molar-refractivity contribution in [1.82, 2.24) is 20.1 Å². The fraction of sp³-hybridized carbons (Fsp3) is 0.500. The van der Waals surface area contributed by atoms with Crippen LogP contribution in [0.3, 0.4) is 0 Å². The van der Waals surface area contributed by atoms with Crippen molar-refractivity contribution in [2.24, 2.45) is 13.0 Å². The van der Waals surface area contributed by atoms with Crippen LogP contribution in [-0.2, 0) is 13.6 Å². The van der Waals surface area contributed by atoms with Crippen LogP contribution in [-0.4, -0.2) is 21.3 Å². The highest BCUT2D eigenvalue weighted by atomic mass is 16.5. The van der Waals surface area contributed by atoms with Gasteiger partial charge in [-0.05, 0) is 31.9 Å². The molecule has 2 heterocycles. The van der Waals surface area contributed by atoms with E-state index in [1.54, 1.807) is 4.68 Å². The molecule has 1 N–H and O–H groups in total. The van der Waals surface area contributed by atoms with Crippen molar-refractivity contribution in [2.45, 2.75) is 34.2 Å². The van der Waals surface area contributed by atoms with E-state index in [9.17, 15) is 0 Å². The third kappa shape index (κ3) is 4.29. The lowest BCUT2D eigenvalue weighted by molar-refractivity contribution is 0.414. The lowest BCUT2D eigenvalue weighted by Gasteiger charge is -2.11. The van der Waals surface area contributed by atoms with Crippen molar-refractivity contribution in [3.8, 4) is 11.8 Å². The predicted molar refractivity (Wildman–Crippen MR) is 83.5 cm³/mol. The number of hydrogen-bond donors (Lipinski definition) is 1. The van der Waals surface area contributed by atoms with Crippen LogP contribution in [0.15, 0.2) is 18.2 Å². The highest BCUT2D eigenvalue weighted by Gasteiger charge is 2.07. The minimum absolute atomic E-state index is 0.600. The van der Waals surface area contributed by atoms with E-state index < -0.39 is 0 Å². The maximum atomic E-state index is 5.78. The Balaban J connectivity index is 2.03. The Morgan fingerprint density at radius 1 is 1.29 bits per heavy atom. The maximum Gasteiger partial charge on any atom is 0.221 e. The van der Waals surface area contributed by atoms with E-state index in [0.29, 0.717) is 17.7 Å². The molecule has 0 amide bonds. The topological polar surface area (TPSA) is 52.0 Å². The molecule has 2 aromatic rings. The quantitative estimate of drug-likeness (QED) is 0.888. The van der Waals surface area contributed by atoms with Gasteiger partial charge in [0, 0.05) is 31.4 Å². The number of ether oxygens (including phenoxy) is 1. The summed E-state index contributed by atoms with van der Waals surface area (Å²) >= 11 is 0. The standard InChI is InChI=1S/C16H24N4O/c1-11(2)9-17-10-14-6-7-15(18-13(14)4)21-16-8-12(3)19-20(16)5/h6-8,11,17H,9-10H2,1-5H3. The zero-order valence-corrected chi connectivity index (χ0v) is 13.5. The molecule has 0 aromatic carbocycles. The van der Waals surface area contributed by atoms with Crippen LogP contribution in [0, 0.1) is 19.8 Å². The summed E-state index contributed by atoms with van der Waals surface area (Å²) in [5.41, 5.74) is 3.12. The Morgan fingerprint density at radius 2 is 2.05 bits per heavy atom. The third-order valence-corrected chi connectivity index (χ3v) is 3.21. The molecule has 0 saturated carbocycles. The Kier molecular flexibility index (Phi) is 4.96. The van der Waals surface area contributed by atoms with Gasteiger partial charge >= 0.3 is 0 Å². The monoisotopic (exact) mass is 288 g/mol. The first-order valence-electron chi connectivity index (χ1n) is 7.31. The van der Waals surface area contributed by atoms with Crippen molar-refractivity contribution in [3.05, 3.63) is 35.2 Å². The second-order valence-corrected chi connectivity index (χ2v) is 5.77. The highest BCUT2D eigenvalue weighted by molar-refractivity contribution is 5.28. The van der Waals surface area contributed by atoms with Gasteiger partial charge in [-0.15, -0.1) is 0 Å². The Bertz CT molecular complexity index is 604. The molecule has 0 aliphatic heterocycles. The summed E-state index contributed by atoms with van der Waals surface area (Å²) < 4.78 is 7.49. The van der Waals surface area contributed by atoms with Gasteiger partial charge in [-0.2, -0.15) is 5.10 Å². The average molecular weight is 288 g/mol. The normalized spacial score (nSPS) is 11.1. The summed E-state index contributed by atoms with van der Waals surface area (Å²) in [7, 11) is 1.86. The number of aromatic nitrogens is 3. The summed E-state index contributed by atoms with van der Waals surface area (Å²) in [6, 6.07) is 5.87. The van der Waals surface area contributed by atoms with Crippen molar-refractivity contribution < 1.29 is 4.74 Å². The Hall–Kier alpha value is -1.88. The fourth-order valence-corrected chi connectivity index (χ4v) is 2.10. The van der Waals surface area contributed by atoms with Gasteiger partial charge in [0.15, 0.2) is 0 Å². The summed E-state index contributed by atoms with van der Waals surface area (Å²) in [4.78, 5) is 4.51. The third-order valence-electron chi connectivity index (χ3n) is 3.21. The van der Waals surface area contributed by atoms with Gasteiger partial charge in [-0.3, -0.25) is 0 Å². The van der Waals surface area contributed by atoms with Gasteiger partial charge in [-0.1, -0.05) is 19.9 Å². The molecule has 0 fully saturated rings. The summed E-state index contributed by atoms with van der Waals surface area (Å²) in [6.07, 6.45) is 0. The predicted octanol–water partition coefficient (Wildman–Crippen LogP) is 2.97. The Labute approximate surface area is 126 Å². The van der Waals surface area contributed by atoms with Gasteiger partial charge in [0.05, 0.1) is 5.69 Å². The number of hydrogen-bond acceptors (Lipinski definition) is 4. The van der Waals surface area contributed by atoms with E-state index in [1.807, 2.05) is 33.0 Å². The fourth-order valence-electron chi connectivity index (χ4n) is 2.10.